The number of hydrogen-bond donors (Lipinski definition) is 4. The maximum atomic E-state index is 9.67. The number of aryl methyl sites for hydroxylation is 2. The number of nitrogens with one attached hydrogen (secondary N) is 1. The number of phenolic OH excluding ortho intramolecular Hbond substituents is 3. The highest BCUT2D eigenvalue weighted by Crippen LogP contribution is 2.36. The van der Waals surface area contributed by atoms with Crippen molar-refractivity contribution in [3.8, 4) is 17.2 Å². The lowest BCUT2D eigenvalue weighted by molar-refractivity contribution is 0.364. The molecule has 0 amide bonds. The highest BCUT2D eigenvalue weighted by molar-refractivity contribution is 5.53. The topological polar surface area (TPSA) is 90.5 Å². The van der Waals surface area contributed by atoms with Crippen LogP contribution in [-0.4, -0.2) is 25.1 Å². The molecule has 0 aliphatic carbocycles. The second-order valence-corrected chi connectivity index (χ2v) is 4.46. The fraction of sp³-hybridized carbons (Fsp3) is 0.308. The van der Waals surface area contributed by atoms with Gasteiger partial charge in [-0.05, 0) is 13.0 Å². The quantitative estimate of drug-likeness (QED) is 0.621. The zero-order valence-corrected chi connectivity index (χ0v) is 10.9. The molecule has 0 bridgehead atoms. The minimum Gasteiger partial charge on any atom is -0.504 e. The molecular formula is C13H17N3O3. The predicted octanol–water partition coefficient (Wildman–Crippen LogP) is 1.14. The van der Waals surface area contributed by atoms with E-state index in [-0.39, 0.29) is 11.5 Å². The predicted molar refractivity (Wildman–Crippen MR) is 69.9 cm³/mol. The molecule has 19 heavy (non-hydrogen) atoms. The molecule has 0 saturated carbocycles. The molecule has 4 N–H and O–H groups in total. The normalized spacial score (nSPS) is 10.8. The second kappa shape index (κ2) is 5.19. The van der Waals surface area contributed by atoms with Gasteiger partial charge in [0.15, 0.2) is 11.5 Å². The smallest absolute Gasteiger partial charge is 0.200 e. The lowest BCUT2D eigenvalue weighted by atomic mass is 10.1. The Morgan fingerprint density at radius 2 is 1.79 bits per heavy atom. The number of aromatic hydroxyl groups is 3. The molecule has 1 aromatic heterocycles. The van der Waals surface area contributed by atoms with Crippen molar-refractivity contribution in [1.29, 1.82) is 0 Å². The van der Waals surface area contributed by atoms with Crippen LogP contribution in [0.4, 0.5) is 0 Å². The largest absolute Gasteiger partial charge is 0.504 e. The third-order valence-electron chi connectivity index (χ3n) is 2.96. The molecule has 0 aliphatic heterocycles. The summed E-state index contributed by atoms with van der Waals surface area (Å²) in [6.07, 6.45) is 1.93. The van der Waals surface area contributed by atoms with Gasteiger partial charge in [-0.2, -0.15) is 5.10 Å². The van der Waals surface area contributed by atoms with Crippen molar-refractivity contribution in [2.45, 2.75) is 20.0 Å². The first-order valence-corrected chi connectivity index (χ1v) is 5.91. The maximum absolute atomic E-state index is 9.67. The van der Waals surface area contributed by atoms with E-state index in [2.05, 4.69) is 10.4 Å². The molecule has 0 atom stereocenters. The van der Waals surface area contributed by atoms with Crippen LogP contribution in [0, 0.1) is 6.92 Å². The molecular weight excluding hydrogens is 246 g/mol. The molecule has 6 heteroatoms. The summed E-state index contributed by atoms with van der Waals surface area (Å²) in [6.45, 7) is 2.93. The highest BCUT2D eigenvalue weighted by Gasteiger charge is 2.10. The van der Waals surface area contributed by atoms with Crippen LogP contribution in [0.1, 0.15) is 16.8 Å². The number of aromatic nitrogens is 2. The summed E-state index contributed by atoms with van der Waals surface area (Å²) < 4.78 is 1.75. The Hall–Kier alpha value is -2.21. The summed E-state index contributed by atoms with van der Waals surface area (Å²) >= 11 is 0. The summed E-state index contributed by atoms with van der Waals surface area (Å²) in [4.78, 5) is 0. The van der Waals surface area contributed by atoms with E-state index >= 15 is 0 Å². The van der Waals surface area contributed by atoms with Crippen molar-refractivity contribution >= 4 is 0 Å². The van der Waals surface area contributed by atoms with Crippen LogP contribution in [0.5, 0.6) is 17.2 Å². The lowest BCUT2D eigenvalue weighted by Crippen LogP contribution is -2.13. The molecule has 6 nitrogen and oxygen atoms in total. The molecule has 1 aromatic carbocycles. The van der Waals surface area contributed by atoms with E-state index in [0.29, 0.717) is 18.7 Å². The van der Waals surface area contributed by atoms with E-state index in [4.69, 9.17) is 0 Å². The first kappa shape index (κ1) is 13.2. The molecule has 0 spiro atoms. The Morgan fingerprint density at radius 3 is 2.42 bits per heavy atom. The highest BCUT2D eigenvalue weighted by atomic mass is 16.3. The number of hydrogen-bond acceptors (Lipinski definition) is 5. The fourth-order valence-corrected chi connectivity index (χ4v) is 1.91. The summed E-state index contributed by atoms with van der Waals surface area (Å²) in [5, 5.41) is 35.7. The van der Waals surface area contributed by atoms with E-state index in [9.17, 15) is 15.3 Å². The van der Waals surface area contributed by atoms with Gasteiger partial charge in [-0.1, -0.05) is 6.07 Å². The van der Waals surface area contributed by atoms with Crippen LogP contribution in [-0.2, 0) is 20.1 Å². The third-order valence-corrected chi connectivity index (χ3v) is 2.96. The number of phenols is 3. The summed E-state index contributed by atoms with van der Waals surface area (Å²) in [5.74, 6) is -1.11. The lowest BCUT2D eigenvalue weighted by Gasteiger charge is -2.08. The van der Waals surface area contributed by atoms with Gasteiger partial charge in [-0.3, -0.25) is 4.68 Å². The van der Waals surface area contributed by atoms with E-state index in [1.165, 1.54) is 6.07 Å². The van der Waals surface area contributed by atoms with Crippen LogP contribution in [0.25, 0.3) is 0 Å². The van der Waals surface area contributed by atoms with Crippen molar-refractivity contribution in [1.82, 2.24) is 15.1 Å². The maximum Gasteiger partial charge on any atom is 0.200 e. The van der Waals surface area contributed by atoms with E-state index < -0.39 is 5.75 Å². The minimum atomic E-state index is -0.489. The van der Waals surface area contributed by atoms with Gasteiger partial charge in [0.05, 0.1) is 5.69 Å². The molecule has 0 aliphatic rings. The van der Waals surface area contributed by atoms with Crippen LogP contribution >= 0.6 is 0 Å². The zero-order valence-electron chi connectivity index (χ0n) is 10.9. The van der Waals surface area contributed by atoms with Crippen molar-refractivity contribution in [3.05, 3.63) is 35.2 Å². The van der Waals surface area contributed by atoms with Crippen LogP contribution in [0.3, 0.4) is 0 Å². The monoisotopic (exact) mass is 263 g/mol. The van der Waals surface area contributed by atoms with Gasteiger partial charge in [0, 0.05) is 37.5 Å². The number of nitrogens with zero attached hydrogens (tertiary/aromatic N) is 2. The number of benzene rings is 1. The second-order valence-electron chi connectivity index (χ2n) is 4.46. The van der Waals surface area contributed by atoms with E-state index in [1.54, 1.807) is 10.7 Å². The van der Waals surface area contributed by atoms with Gasteiger partial charge >= 0.3 is 0 Å². The van der Waals surface area contributed by atoms with Crippen LogP contribution in [0.15, 0.2) is 18.3 Å². The van der Waals surface area contributed by atoms with Gasteiger partial charge in [0.2, 0.25) is 5.75 Å². The van der Waals surface area contributed by atoms with Crippen molar-refractivity contribution < 1.29 is 15.3 Å². The molecule has 1 heterocycles. The molecule has 0 saturated heterocycles. The Morgan fingerprint density at radius 1 is 1.11 bits per heavy atom. The molecule has 0 unspecified atom stereocenters. The standard InChI is InChI=1S/C13H17N3O3/c1-8-10(7-16(2)15-8)6-14-5-9-3-4-11(17)13(19)12(9)18/h3-4,7,14,17-19H,5-6H2,1-2H3. The first-order valence-electron chi connectivity index (χ1n) is 5.91. The summed E-state index contributed by atoms with van der Waals surface area (Å²) in [7, 11) is 1.86. The Bertz CT molecular complexity index is 593. The third kappa shape index (κ3) is 2.79. The van der Waals surface area contributed by atoms with Crippen LogP contribution < -0.4 is 5.32 Å². The SMILES string of the molecule is Cc1nn(C)cc1CNCc1ccc(O)c(O)c1O. The van der Waals surface area contributed by atoms with Gasteiger partial charge in [0.1, 0.15) is 0 Å². The van der Waals surface area contributed by atoms with Gasteiger partial charge in [0.25, 0.3) is 0 Å². The van der Waals surface area contributed by atoms with Crippen molar-refractivity contribution in [2.75, 3.05) is 0 Å². The zero-order chi connectivity index (χ0) is 14.0. The summed E-state index contributed by atoms with van der Waals surface area (Å²) in [6, 6.07) is 2.91. The number of rotatable bonds is 4. The Balaban J connectivity index is 2.00. The molecule has 0 radical (unpaired) electrons. The van der Waals surface area contributed by atoms with E-state index in [1.807, 2.05) is 20.2 Å². The van der Waals surface area contributed by atoms with Gasteiger partial charge in [-0.25, -0.2) is 0 Å². The fourth-order valence-electron chi connectivity index (χ4n) is 1.91. The van der Waals surface area contributed by atoms with Crippen molar-refractivity contribution in [2.24, 2.45) is 7.05 Å². The Labute approximate surface area is 110 Å². The Kier molecular flexibility index (Phi) is 3.62. The van der Waals surface area contributed by atoms with Crippen LogP contribution in [0.2, 0.25) is 0 Å². The van der Waals surface area contributed by atoms with Gasteiger partial charge < -0.3 is 20.6 Å². The van der Waals surface area contributed by atoms with Crippen molar-refractivity contribution in [3.63, 3.8) is 0 Å². The minimum absolute atomic E-state index is 0.296. The first-order chi connectivity index (χ1) is 8.99. The molecule has 2 rings (SSSR count). The average Bonchev–Trinajstić information content (AvgIpc) is 2.68. The summed E-state index contributed by atoms with van der Waals surface area (Å²) in [5.41, 5.74) is 2.55. The van der Waals surface area contributed by atoms with E-state index in [0.717, 1.165) is 11.3 Å². The molecule has 102 valence electrons. The average molecular weight is 263 g/mol. The van der Waals surface area contributed by atoms with Gasteiger partial charge in [-0.15, -0.1) is 0 Å². The molecule has 2 aromatic rings. The molecule has 0 fully saturated rings.